The van der Waals surface area contributed by atoms with E-state index in [0.717, 1.165) is 11.1 Å². The minimum atomic E-state index is -0.673. The molecule has 2 aromatic carbocycles. The summed E-state index contributed by atoms with van der Waals surface area (Å²) in [6.07, 6.45) is 1.01. The standard InChI is InChI=1S/C23H23ClN2O2/c1-16-7-9-19(10-8-16)15-26(22-6-4-5-13-25-22)23(27)18(3)28-20-11-12-21(24)17(2)14-20/h4-14,18H,15H2,1-3H3/t18-/m0/s1. The molecule has 0 spiro atoms. The summed E-state index contributed by atoms with van der Waals surface area (Å²) in [6, 6.07) is 19.0. The zero-order valence-electron chi connectivity index (χ0n) is 16.2. The number of carbonyl (C=O) groups is 1. The van der Waals surface area contributed by atoms with Crippen molar-refractivity contribution in [1.29, 1.82) is 0 Å². The van der Waals surface area contributed by atoms with Gasteiger partial charge < -0.3 is 4.74 Å². The summed E-state index contributed by atoms with van der Waals surface area (Å²) < 4.78 is 5.89. The topological polar surface area (TPSA) is 42.4 Å². The number of aromatic nitrogens is 1. The fraction of sp³-hybridized carbons (Fsp3) is 0.217. The smallest absolute Gasteiger partial charge is 0.269 e. The van der Waals surface area contributed by atoms with Crippen LogP contribution < -0.4 is 9.64 Å². The van der Waals surface area contributed by atoms with Gasteiger partial charge in [-0.05, 0) is 62.2 Å². The molecule has 0 aliphatic carbocycles. The number of halogens is 1. The Labute approximate surface area is 170 Å². The molecule has 4 nitrogen and oxygen atoms in total. The summed E-state index contributed by atoms with van der Waals surface area (Å²) in [5.74, 6) is 1.04. The summed E-state index contributed by atoms with van der Waals surface area (Å²) >= 11 is 6.07. The predicted molar refractivity (Wildman–Crippen MR) is 113 cm³/mol. The van der Waals surface area contributed by atoms with Gasteiger partial charge >= 0.3 is 0 Å². The SMILES string of the molecule is Cc1ccc(CN(C(=O)[C@H](C)Oc2ccc(Cl)c(C)c2)c2ccccn2)cc1. The van der Waals surface area contributed by atoms with Gasteiger partial charge in [-0.25, -0.2) is 4.98 Å². The Hall–Kier alpha value is -2.85. The third-order valence-corrected chi connectivity index (χ3v) is 4.87. The Balaban J connectivity index is 1.82. The quantitative estimate of drug-likeness (QED) is 0.565. The number of carbonyl (C=O) groups excluding carboxylic acids is 1. The van der Waals surface area contributed by atoms with E-state index in [1.807, 2.05) is 62.4 Å². The Kier molecular flexibility index (Phi) is 6.32. The zero-order valence-corrected chi connectivity index (χ0v) is 17.0. The van der Waals surface area contributed by atoms with Gasteiger partial charge in [0.2, 0.25) is 0 Å². The molecule has 0 radical (unpaired) electrons. The van der Waals surface area contributed by atoms with E-state index in [-0.39, 0.29) is 5.91 Å². The van der Waals surface area contributed by atoms with Crippen molar-refractivity contribution >= 4 is 23.3 Å². The van der Waals surface area contributed by atoms with Crippen LogP contribution in [0.3, 0.4) is 0 Å². The van der Waals surface area contributed by atoms with E-state index in [1.54, 1.807) is 30.2 Å². The summed E-state index contributed by atoms with van der Waals surface area (Å²) in [5, 5.41) is 0.667. The molecule has 5 heteroatoms. The third kappa shape index (κ3) is 4.90. The van der Waals surface area contributed by atoms with Crippen LogP contribution in [0.25, 0.3) is 0 Å². The second-order valence-electron chi connectivity index (χ2n) is 6.77. The average Bonchev–Trinajstić information content (AvgIpc) is 2.70. The number of aryl methyl sites for hydroxylation is 2. The van der Waals surface area contributed by atoms with Gasteiger partial charge in [-0.3, -0.25) is 9.69 Å². The van der Waals surface area contributed by atoms with Gasteiger partial charge in [0.25, 0.3) is 5.91 Å². The lowest BCUT2D eigenvalue weighted by Crippen LogP contribution is -2.40. The molecular formula is C23H23ClN2O2. The van der Waals surface area contributed by atoms with Crippen LogP contribution in [0.5, 0.6) is 5.75 Å². The molecule has 1 atom stereocenters. The molecule has 0 aliphatic heterocycles. The fourth-order valence-corrected chi connectivity index (χ4v) is 2.94. The Morgan fingerprint density at radius 1 is 1.11 bits per heavy atom. The monoisotopic (exact) mass is 394 g/mol. The molecule has 144 valence electrons. The first-order valence-corrected chi connectivity index (χ1v) is 9.52. The molecule has 0 N–H and O–H groups in total. The molecule has 1 heterocycles. The van der Waals surface area contributed by atoms with Gasteiger partial charge in [0.15, 0.2) is 6.10 Å². The first-order chi connectivity index (χ1) is 13.4. The Bertz CT molecular complexity index is 943. The molecule has 1 amide bonds. The van der Waals surface area contributed by atoms with E-state index in [2.05, 4.69) is 4.98 Å². The van der Waals surface area contributed by atoms with Crippen molar-refractivity contribution in [3.8, 4) is 5.75 Å². The second kappa shape index (κ2) is 8.89. The lowest BCUT2D eigenvalue weighted by atomic mass is 10.1. The number of hydrogen-bond donors (Lipinski definition) is 0. The van der Waals surface area contributed by atoms with Crippen molar-refractivity contribution < 1.29 is 9.53 Å². The highest BCUT2D eigenvalue weighted by Crippen LogP contribution is 2.23. The van der Waals surface area contributed by atoms with Gasteiger partial charge in [0.1, 0.15) is 11.6 Å². The van der Waals surface area contributed by atoms with Crippen molar-refractivity contribution in [2.45, 2.75) is 33.4 Å². The normalized spacial score (nSPS) is 11.7. The van der Waals surface area contributed by atoms with Crippen LogP contribution in [-0.2, 0) is 11.3 Å². The number of benzene rings is 2. The lowest BCUT2D eigenvalue weighted by Gasteiger charge is -2.25. The largest absolute Gasteiger partial charge is 0.481 e. The average molecular weight is 395 g/mol. The molecule has 0 fully saturated rings. The van der Waals surface area contributed by atoms with E-state index < -0.39 is 6.10 Å². The minimum Gasteiger partial charge on any atom is -0.481 e. The van der Waals surface area contributed by atoms with Crippen molar-refractivity contribution in [3.05, 3.63) is 88.6 Å². The van der Waals surface area contributed by atoms with Crippen LogP contribution in [0.2, 0.25) is 5.02 Å². The number of amides is 1. The number of ether oxygens (including phenoxy) is 1. The van der Waals surface area contributed by atoms with E-state index in [0.29, 0.717) is 23.1 Å². The summed E-state index contributed by atoms with van der Waals surface area (Å²) in [7, 11) is 0. The first-order valence-electron chi connectivity index (χ1n) is 9.15. The zero-order chi connectivity index (χ0) is 20.1. The maximum absolute atomic E-state index is 13.2. The van der Waals surface area contributed by atoms with E-state index in [9.17, 15) is 4.79 Å². The highest BCUT2D eigenvalue weighted by Gasteiger charge is 2.24. The Morgan fingerprint density at radius 2 is 1.86 bits per heavy atom. The molecule has 28 heavy (non-hydrogen) atoms. The Morgan fingerprint density at radius 3 is 2.50 bits per heavy atom. The molecule has 0 saturated heterocycles. The van der Waals surface area contributed by atoms with Gasteiger partial charge in [0.05, 0.1) is 6.54 Å². The van der Waals surface area contributed by atoms with Gasteiger partial charge in [-0.2, -0.15) is 0 Å². The third-order valence-electron chi connectivity index (χ3n) is 4.44. The van der Waals surface area contributed by atoms with Crippen LogP contribution in [0.1, 0.15) is 23.6 Å². The van der Waals surface area contributed by atoms with Gasteiger partial charge in [-0.1, -0.05) is 47.5 Å². The predicted octanol–water partition coefficient (Wildman–Crippen LogP) is 5.35. The molecular weight excluding hydrogens is 372 g/mol. The number of rotatable bonds is 6. The van der Waals surface area contributed by atoms with E-state index in [1.165, 1.54) is 5.56 Å². The van der Waals surface area contributed by atoms with Crippen molar-refractivity contribution in [1.82, 2.24) is 4.98 Å². The van der Waals surface area contributed by atoms with E-state index in [4.69, 9.17) is 16.3 Å². The van der Waals surface area contributed by atoms with Gasteiger partial charge in [0, 0.05) is 11.2 Å². The maximum atomic E-state index is 13.2. The molecule has 0 bridgehead atoms. The first kappa shape index (κ1) is 19.9. The summed E-state index contributed by atoms with van der Waals surface area (Å²) in [6.45, 7) is 6.11. The number of nitrogens with zero attached hydrogens (tertiary/aromatic N) is 2. The van der Waals surface area contributed by atoms with Gasteiger partial charge in [-0.15, -0.1) is 0 Å². The summed E-state index contributed by atoms with van der Waals surface area (Å²) in [4.78, 5) is 19.2. The molecule has 0 saturated carbocycles. The van der Waals surface area contributed by atoms with Crippen molar-refractivity contribution in [2.75, 3.05) is 4.90 Å². The second-order valence-corrected chi connectivity index (χ2v) is 7.18. The molecule has 3 rings (SSSR count). The lowest BCUT2D eigenvalue weighted by molar-refractivity contribution is -0.124. The number of pyridine rings is 1. The highest BCUT2D eigenvalue weighted by atomic mass is 35.5. The molecule has 0 aliphatic rings. The molecule has 0 unspecified atom stereocenters. The van der Waals surface area contributed by atoms with Crippen LogP contribution in [0.4, 0.5) is 5.82 Å². The number of anilines is 1. The highest BCUT2D eigenvalue weighted by molar-refractivity contribution is 6.31. The van der Waals surface area contributed by atoms with Crippen LogP contribution in [0.15, 0.2) is 66.9 Å². The maximum Gasteiger partial charge on any atom is 0.269 e. The van der Waals surface area contributed by atoms with Crippen molar-refractivity contribution in [2.24, 2.45) is 0 Å². The van der Waals surface area contributed by atoms with Crippen LogP contribution >= 0.6 is 11.6 Å². The van der Waals surface area contributed by atoms with Crippen molar-refractivity contribution in [3.63, 3.8) is 0 Å². The van der Waals surface area contributed by atoms with E-state index >= 15 is 0 Å². The molecule has 1 aromatic heterocycles. The van der Waals surface area contributed by atoms with Crippen LogP contribution in [-0.4, -0.2) is 17.0 Å². The summed E-state index contributed by atoms with van der Waals surface area (Å²) in [5.41, 5.74) is 3.11. The molecule has 3 aromatic rings. The number of hydrogen-bond acceptors (Lipinski definition) is 3. The fourth-order valence-electron chi connectivity index (χ4n) is 2.83. The van der Waals surface area contributed by atoms with Crippen LogP contribution in [0, 0.1) is 13.8 Å². The minimum absolute atomic E-state index is 0.160.